The average Bonchev–Trinajstić information content (AvgIpc) is 2.81. The lowest BCUT2D eigenvalue weighted by atomic mass is 9.76. The van der Waals surface area contributed by atoms with Crippen LogP contribution in [0.15, 0.2) is 48.5 Å². The van der Waals surface area contributed by atoms with E-state index >= 15 is 0 Å². The molecule has 1 heterocycles. The van der Waals surface area contributed by atoms with Gasteiger partial charge < -0.3 is 15.4 Å². The molecule has 32 heavy (non-hydrogen) atoms. The predicted octanol–water partition coefficient (Wildman–Crippen LogP) is 3.67. The maximum atomic E-state index is 13.1. The zero-order valence-corrected chi connectivity index (χ0v) is 19.4. The molecule has 6 nitrogen and oxygen atoms in total. The number of methoxy groups -OCH3 is 1. The molecule has 3 atom stereocenters. The highest BCUT2D eigenvalue weighted by Crippen LogP contribution is 2.34. The van der Waals surface area contributed by atoms with Crippen LogP contribution in [0.1, 0.15) is 30.4 Å². The zero-order chi connectivity index (χ0) is 22.7. The van der Waals surface area contributed by atoms with Gasteiger partial charge in [0.15, 0.2) is 5.11 Å². The van der Waals surface area contributed by atoms with Gasteiger partial charge in [0, 0.05) is 23.5 Å². The Labute approximate surface area is 198 Å². The first-order valence-electron chi connectivity index (χ1n) is 10.7. The average molecular weight is 472 g/mol. The number of benzene rings is 2. The summed E-state index contributed by atoms with van der Waals surface area (Å²) in [6.45, 7) is 0.879. The topological polar surface area (TPSA) is 70.7 Å². The van der Waals surface area contributed by atoms with Crippen LogP contribution in [-0.4, -0.2) is 35.0 Å². The number of hydrogen-bond acceptors (Lipinski definition) is 4. The predicted molar refractivity (Wildman–Crippen MR) is 127 cm³/mol. The van der Waals surface area contributed by atoms with Crippen LogP contribution in [0.3, 0.4) is 0 Å². The SMILES string of the molecule is COc1ccc(CNC(=O)C2CCC3C(=O)N(Cc4ccc(Cl)cc4)C(=S)NC3C2)cc1. The molecule has 1 aliphatic carbocycles. The summed E-state index contributed by atoms with van der Waals surface area (Å²) < 4.78 is 5.16. The van der Waals surface area contributed by atoms with Crippen LogP contribution in [0.4, 0.5) is 0 Å². The molecule has 1 saturated carbocycles. The van der Waals surface area contributed by atoms with Crippen molar-refractivity contribution >= 4 is 40.7 Å². The minimum atomic E-state index is -0.167. The van der Waals surface area contributed by atoms with Crippen molar-refractivity contribution in [2.75, 3.05) is 7.11 Å². The van der Waals surface area contributed by atoms with Crippen LogP contribution in [-0.2, 0) is 22.7 Å². The summed E-state index contributed by atoms with van der Waals surface area (Å²) >= 11 is 11.4. The second-order valence-electron chi connectivity index (χ2n) is 8.29. The van der Waals surface area contributed by atoms with E-state index in [-0.39, 0.29) is 29.7 Å². The van der Waals surface area contributed by atoms with Crippen LogP contribution < -0.4 is 15.4 Å². The molecule has 2 amide bonds. The van der Waals surface area contributed by atoms with E-state index in [1.807, 2.05) is 36.4 Å². The summed E-state index contributed by atoms with van der Waals surface area (Å²) in [5.74, 6) is 0.529. The summed E-state index contributed by atoms with van der Waals surface area (Å²) in [5.41, 5.74) is 1.98. The first kappa shape index (κ1) is 22.6. The largest absolute Gasteiger partial charge is 0.497 e. The third-order valence-corrected chi connectivity index (χ3v) is 6.83. The fraction of sp³-hybridized carbons (Fsp3) is 0.375. The van der Waals surface area contributed by atoms with Crippen LogP contribution in [0.25, 0.3) is 0 Å². The number of thiocarbonyl (C=S) groups is 1. The third-order valence-electron chi connectivity index (χ3n) is 6.24. The van der Waals surface area contributed by atoms with Gasteiger partial charge in [-0.25, -0.2) is 0 Å². The van der Waals surface area contributed by atoms with Crippen molar-refractivity contribution < 1.29 is 14.3 Å². The van der Waals surface area contributed by atoms with E-state index < -0.39 is 0 Å². The molecule has 2 aromatic carbocycles. The van der Waals surface area contributed by atoms with E-state index in [9.17, 15) is 9.59 Å². The van der Waals surface area contributed by atoms with Crippen molar-refractivity contribution in [1.82, 2.24) is 15.5 Å². The number of carbonyl (C=O) groups is 2. The first-order valence-corrected chi connectivity index (χ1v) is 11.5. The summed E-state index contributed by atoms with van der Waals surface area (Å²) in [4.78, 5) is 27.5. The highest BCUT2D eigenvalue weighted by molar-refractivity contribution is 7.80. The van der Waals surface area contributed by atoms with Gasteiger partial charge in [-0.05, 0) is 66.9 Å². The molecule has 0 aromatic heterocycles. The molecule has 1 aliphatic heterocycles. The van der Waals surface area contributed by atoms with Crippen molar-refractivity contribution in [3.05, 3.63) is 64.7 Å². The van der Waals surface area contributed by atoms with E-state index in [1.54, 1.807) is 24.1 Å². The molecule has 2 N–H and O–H groups in total. The van der Waals surface area contributed by atoms with Gasteiger partial charge in [0.25, 0.3) is 0 Å². The van der Waals surface area contributed by atoms with Gasteiger partial charge in [0.05, 0.1) is 19.6 Å². The summed E-state index contributed by atoms with van der Waals surface area (Å²) in [6, 6.07) is 14.9. The van der Waals surface area contributed by atoms with Crippen molar-refractivity contribution in [3.8, 4) is 5.75 Å². The minimum absolute atomic E-state index is 0.0167. The number of amides is 2. The lowest BCUT2D eigenvalue weighted by molar-refractivity contribution is -0.138. The van der Waals surface area contributed by atoms with E-state index in [1.165, 1.54) is 0 Å². The number of rotatable bonds is 6. The Morgan fingerprint density at radius 1 is 1.16 bits per heavy atom. The normalized spacial score (nSPS) is 22.7. The van der Waals surface area contributed by atoms with Crippen molar-refractivity contribution in [2.24, 2.45) is 11.8 Å². The Kier molecular flexibility index (Phi) is 6.96. The summed E-state index contributed by atoms with van der Waals surface area (Å²) in [6.07, 6.45) is 1.95. The van der Waals surface area contributed by atoms with Crippen LogP contribution in [0, 0.1) is 11.8 Å². The molecular formula is C24H26ClN3O3S. The number of carbonyl (C=O) groups excluding carboxylic acids is 2. The van der Waals surface area contributed by atoms with E-state index in [2.05, 4.69) is 10.6 Å². The van der Waals surface area contributed by atoms with Crippen LogP contribution >= 0.6 is 23.8 Å². The van der Waals surface area contributed by atoms with Gasteiger partial charge >= 0.3 is 0 Å². The van der Waals surface area contributed by atoms with Gasteiger partial charge in [-0.1, -0.05) is 35.9 Å². The lowest BCUT2D eigenvalue weighted by Gasteiger charge is -2.43. The highest BCUT2D eigenvalue weighted by Gasteiger charge is 2.44. The van der Waals surface area contributed by atoms with Gasteiger partial charge in [-0.2, -0.15) is 0 Å². The molecule has 2 fully saturated rings. The molecule has 1 saturated heterocycles. The van der Waals surface area contributed by atoms with E-state index in [0.717, 1.165) is 16.9 Å². The minimum Gasteiger partial charge on any atom is -0.497 e. The quantitative estimate of drug-likeness (QED) is 0.629. The summed E-state index contributed by atoms with van der Waals surface area (Å²) in [7, 11) is 1.62. The van der Waals surface area contributed by atoms with Crippen molar-refractivity contribution in [2.45, 2.75) is 38.4 Å². The number of ether oxygens (including phenoxy) is 1. The molecule has 0 spiro atoms. The Bertz CT molecular complexity index is 997. The second kappa shape index (κ2) is 9.88. The Hall–Kier alpha value is -2.64. The van der Waals surface area contributed by atoms with E-state index in [0.29, 0.717) is 42.5 Å². The van der Waals surface area contributed by atoms with E-state index in [4.69, 9.17) is 28.6 Å². The summed E-state index contributed by atoms with van der Waals surface area (Å²) in [5, 5.41) is 7.42. The molecule has 0 radical (unpaired) electrons. The van der Waals surface area contributed by atoms with Crippen LogP contribution in [0.2, 0.25) is 5.02 Å². The number of fused-ring (bicyclic) bond motifs is 1. The number of hydrogen-bond donors (Lipinski definition) is 2. The molecular weight excluding hydrogens is 446 g/mol. The van der Waals surface area contributed by atoms with Crippen LogP contribution in [0.5, 0.6) is 5.75 Å². The fourth-order valence-corrected chi connectivity index (χ4v) is 4.83. The first-order chi connectivity index (χ1) is 15.4. The third kappa shape index (κ3) is 5.05. The molecule has 2 aromatic rings. The molecule has 8 heteroatoms. The van der Waals surface area contributed by atoms with Crippen molar-refractivity contribution in [3.63, 3.8) is 0 Å². The van der Waals surface area contributed by atoms with Gasteiger partial charge in [-0.3, -0.25) is 14.5 Å². The van der Waals surface area contributed by atoms with Gasteiger partial charge in [0.2, 0.25) is 11.8 Å². The number of nitrogens with zero attached hydrogens (tertiary/aromatic N) is 1. The molecule has 4 rings (SSSR count). The maximum absolute atomic E-state index is 13.1. The van der Waals surface area contributed by atoms with Crippen molar-refractivity contribution in [1.29, 1.82) is 0 Å². The number of halogens is 1. The Morgan fingerprint density at radius 3 is 2.53 bits per heavy atom. The smallest absolute Gasteiger partial charge is 0.234 e. The maximum Gasteiger partial charge on any atom is 0.234 e. The molecule has 3 unspecified atom stereocenters. The monoisotopic (exact) mass is 471 g/mol. The van der Waals surface area contributed by atoms with Gasteiger partial charge in [-0.15, -0.1) is 0 Å². The molecule has 0 bridgehead atoms. The standard InChI is InChI=1S/C24H26ClN3O3S/c1-31-19-9-4-15(5-10-19)13-26-22(29)17-6-11-20-21(12-17)27-24(32)28(23(20)30)14-16-2-7-18(25)8-3-16/h2-5,7-10,17,20-21H,6,11-14H2,1H3,(H,26,29)(H,27,32). The van der Waals surface area contributed by atoms with Gasteiger partial charge in [0.1, 0.15) is 5.75 Å². The highest BCUT2D eigenvalue weighted by atomic mass is 35.5. The molecule has 168 valence electrons. The number of nitrogens with one attached hydrogen (secondary N) is 2. The second-order valence-corrected chi connectivity index (χ2v) is 9.11. The Morgan fingerprint density at radius 2 is 1.84 bits per heavy atom. The fourth-order valence-electron chi connectivity index (χ4n) is 4.40. The zero-order valence-electron chi connectivity index (χ0n) is 17.8. The lowest BCUT2D eigenvalue weighted by Crippen LogP contribution is -2.61. The molecule has 2 aliphatic rings. The Balaban J connectivity index is 1.33.